The van der Waals surface area contributed by atoms with Crippen molar-refractivity contribution >= 4 is 12.0 Å². The number of carbonyl (C=O) groups excluding carboxylic acids is 1. The highest BCUT2D eigenvalue weighted by Gasteiger charge is 2.47. The quantitative estimate of drug-likeness (QED) is 0.749. The third kappa shape index (κ3) is 3.23. The van der Waals surface area contributed by atoms with Crippen LogP contribution in [0.25, 0.3) is 0 Å². The maximum atomic E-state index is 12.3. The van der Waals surface area contributed by atoms with E-state index in [0.29, 0.717) is 32.1 Å². The fourth-order valence-corrected chi connectivity index (χ4v) is 3.44. The molecule has 0 spiro atoms. The van der Waals surface area contributed by atoms with Crippen molar-refractivity contribution in [3.05, 3.63) is 0 Å². The van der Waals surface area contributed by atoms with Crippen LogP contribution in [0.5, 0.6) is 0 Å². The van der Waals surface area contributed by atoms with E-state index in [-0.39, 0.29) is 12.1 Å². The summed E-state index contributed by atoms with van der Waals surface area (Å²) in [5.41, 5.74) is 0. The number of hydrogen-bond acceptors (Lipinski definition) is 3. The molecule has 1 aliphatic carbocycles. The predicted molar refractivity (Wildman–Crippen MR) is 73.5 cm³/mol. The number of nitrogens with zero attached hydrogens (tertiary/aromatic N) is 1. The Bertz CT molecular complexity index is 361. The van der Waals surface area contributed by atoms with Crippen LogP contribution in [0.1, 0.15) is 39.0 Å². The number of ether oxygens (including phenoxy) is 1. The van der Waals surface area contributed by atoms with Gasteiger partial charge in [0.2, 0.25) is 0 Å². The summed E-state index contributed by atoms with van der Waals surface area (Å²) < 4.78 is 5.18. The van der Waals surface area contributed by atoms with Crippen molar-refractivity contribution in [2.75, 3.05) is 19.8 Å². The molecule has 0 aromatic heterocycles. The molecular formula is C14H24N2O4. The van der Waals surface area contributed by atoms with Gasteiger partial charge in [-0.25, -0.2) is 9.59 Å². The van der Waals surface area contributed by atoms with E-state index in [1.807, 2.05) is 6.92 Å². The van der Waals surface area contributed by atoms with Crippen LogP contribution in [0.2, 0.25) is 0 Å². The summed E-state index contributed by atoms with van der Waals surface area (Å²) in [6.45, 7) is 3.40. The van der Waals surface area contributed by atoms with E-state index in [9.17, 15) is 14.7 Å². The zero-order chi connectivity index (χ0) is 14.5. The number of aliphatic carboxylic acids is 1. The van der Waals surface area contributed by atoms with Gasteiger partial charge >= 0.3 is 12.0 Å². The molecule has 114 valence electrons. The van der Waals surface area contributed by atoms with E-state index < -0.39 is 12.0 Å². The first kappa shape index (κ1) is 15.1. The highest BCUT2D eigenvalue weighted by Crippen LogP contribution is 2.39. The summed E-state index contributed by atoms with van der Waals surface area (Å²) in [4.78, 5) is 25.2. The Labute approximate surface area is 119 Å². The number of carboxylic acids is 1. The van der Waals surface area contributed by atoms with E-state index in [2.05, 4.69) is 5.32 Å². The van der Waals surface area contributed by atoms with Gasteiger partial charge in [-0.3, -0.25) is 0 Å². The van der Waals surface area contributed by atoms with Crippen LogP contribution in [0.15, 0.2) is 0 Å². The molecule has 3 unspecified atom stereocenters. The van der Waals surface area contributed by atoms with Gasteiger partial charge in [-0.05, 0) is 32.1 Å². The molecular weight excluding hydrogens is 260 g/mol. The average molecular weight is 284 g/mol. The molecule has 2 rings (SSSR count). The monoisotopic (exact) mass is 284 g/mol. The molecule has 1 aliphatic heterocycles. The second kappa shape index (κ2) is 6.92. The lowest BCUT2D eigenvalue weighted by Crippen LogP contribution is -2.51. The molecule has 6 nitrogen and oxygen atoms in total. The molecule has 1 saturated carbocycles. The number of urea groups is 1. The van der Waals surface area contributed by atoms with Crippen LogP contribution < -0.4 is 5.32 Å². The van der Waals surface area contributed by atoms with E-state index in [1.54, 1.807) is 4.90 Å². The van der Waals surface area contributed by atoms with Crippen LogP contribution >= 0.6 is 0 Å². The highest BCUT2D eigenvalue weighted by atomic mass is 16.5. The van der Waals surface area contributed by atoms with E-state index in [1.165, 1.54) is 0 Å². The first-order chi connectivity index (χ1) is 9.65. The minimum absolute atomic E-state index is 0.0944. The van der Waals surface area contributed by atoms with Gasteiger partial charge in [0.05, 0.1) is 6.61 Å². The SMILES string of the molecule is CCOCCNC(=O)N1C(C(=O)O)CC2CCCCC21. The molecule has 20 heavy (non-hydrogen) atoms. The molecule has 2 amide bonds. The Morgan fingerprint density at radius 3 is 2.80 bits per heavy atom. The molecule has 6 heteroatoms. The first-order valence-corrected chi connectivity index (χ1v) is 7.51. The second-order valence-corrected chi connectivity index (χ2v) is 5.54. The van der Waals surface area contributed by atoms with Crippen LogP contribution in [-0.2, 0) is 9.53 Å². The Kier molecular flexibility index (Phi) is 5.23. The minimum Gasteiger partial charge on any atom is -0.480 e. The molecule has 2 fully saturated rings. The number of rotatable bonds is 5. The first-order valence-electron chi connectivity index (χ1n) is 7.51. The normalized spacial score (nSPS) is 29.1. The minimum atomic E-state index is -0.889. The third-order valence-electron chi connectivity index (χ3n) is 4.33. The van der Waals surface area contributed by atoms with Crippen molar-refractivity contribution < 1.29 is 19.4 Å². The molecule has 2 N–H and O–H groups in total. The lowest BCUT2D eigenvalue weighted by atomic mass is 9.85. The van der Waals surface area contributed by atoms with Gasteiger partial charge in [-0.15, -0.1) is 0 Å². The highest BCUT2D eigenvalue weighted by molar-refractivity contribution is 5.83. The third-order valence-corrected chi connectivity index (χ3v) is 4.33. The molecule has 1 saturated heterocycles. The fourth-order valence-electron chi connectivity index (χ4n) is 3.44. The van der Waals surface area contributed by atoms with Gasteiger partial charge in [0.15, 0.2) is 0 Å². The summed E-state index contributed by atoms with van der Waals surface area (Å²) in [6, 6.07) is -0.835. The summed E-state index contributed by atoms with van der Waals surface area (Å²) >= 11 is 0. The standard InChI is InChI=1S/C14H24N2O4/c1-2-20-8-7-15-14(19)16-11-6-4-3-5-10(11)9-12(16)13(17)18/h10-12H,2-9H2,1H3,(H,15,19)(H,17,18). The zero-order valence-corrected chi connectivity index (χ0v) is 12.0. The predicted octanol–water partition coefficient (Wildman–Crippen LogP) is 1.45. The van der Waals surface area contributed by atoms with Crippen LogP contribution in [0.3, 0.4) is 0 Å². The van der Waals surface area contributed by atoms with Gasteiger partial charge in [-0.2, -0.15) is 0 Å². The number of carboxylic acid groups (broad SMARTS) is 1. The largest absolute Gasteiger partial charge is 0.480 e. The maximum Gasteiger partial charge on any atom is 0.326 e. The number of fused-ring (bicyclic) bond motifs is 1. The van der Waals surface area contributed by atoms with Crippen molar-refractivity contribution in [1.82, 2.24) is 10.2 Å². The lowest BCUT2D eigenvalue weighted by Gasteiger charge is -2.32. The summed E-state index contributed by atoms with van der Waals surface area (Å²) in [7, 11) is 0. The van der Waals surface area contributed by atoms with Crippen LogP contribution in [-0.4, -0.2) is 53.8 Å². The van der Waals surface area contributed by atoms with Gasteiger partial charge in [0.25, 0.3) is 0 Å². The van der Waals surface area contributed by atoms with Gasteiger partial charge in [0, 0.05) is 19.2 Å². The fraction of sp³-hybridized carbons (Fsp3) is 0.857. The van der Waals surface area contributed by atoms with E-state index in [4.69, 9.17) is 4.74 Å². The Hall–Kier alpha value is -1.30. The molecule has 0 bridgehead atoms. The van der Waals surface area contributed by atoms with E-state index in [0.717, 1.165) is 25.7 Å². The Balaban J connectivity index is 1.97. The molecule has 0 aromatic carbocycles. The van der Waals surface area contributed by atoms with E-state index >= 15 is 0 Å². The average Bonchev–Trinajstić information content (AvgIpc) is 2.83. The van der Waals surface area contributed by atoms with Gasteiger partial charge in [0.1, 0.15) is 6.04 Å². The smallest absolute Gasteiger partial charge is 0.326 e. The molecule has 1 heterocycles. The van der Waals surface area contributed by atoms with Crippen LogP contribution in [0, 0.1) is 5.92 Å². The Morgan fingerprint density at radius 1 is 1.35 bits per heavy atom. The van der Waals surface area contributed by atoms with Crippen molar-refractivity contribution in [2.45, 2.75) is 51.1 Å². The number of nitrogens with one attached hydrogen (secondary N) is 1. The molecule has 2 aliphatic rings. The molecule has 0 aromatic rings. The Morgan fingerprint density at radius 2 is 2.10 bits per heavy atom. The topological polar surface area (TPSA) is 78.9 Å². The van der Waals surface area contributed by atoms with Crippen molar-refractivity contribution in [2.24, 2.45) is 5.92 Å². The molecule has 3 atom stereocenters. The second-order valence-electron chi connectivity index (χ2n) is 5.54. The number of amides is 2. The van der Waals surface area contributed by atoms with Crippen molar-refractivity contribution in [1.29, 1.82) is 0 Å². The van der Waals surface area contributed by atoms with Gasteiger partial charge < -0.3 is 20.1 Å². The zero-order valence-electron chi connectivity index (χ0n) is 12.0. The number of carbonyl (C=O) groups is 2. The van der Waals surface area contributed by atoms with Crippen LogP contribution in [0.4, 0.5) is 4.79 Å². The van der Waals surface area contributed by atoms with Crippen molar-refractivity contribution in [3.63, 3.8) is 0 Å². The van der Waals surface area contributed by atoms with Gasteiger partial charge in [-0.1, -0.05) is 12.8 Å². The summed E-state index contributed by atoms with van der Waals surface area (Å²) in [5, 5.41) is 12.1. The lowest BCUT2D eigenvalue weighted by molar-refractivity contribution is -0.141. The number of likely N-dealkylation sites (tertiary alicyclic amines) is 1. The number of hydrogen-bond donors (Lipinski definition) is 2. The summed E-state index contributed by atoms with van der Waals surface area (Å²) in [5.74, 6) is -0.540. The van der Waals surface area contributed by atoms with Crippen molar-refractivity contribution in [3.8, 4) is 0 Å². The summed E-state index contributed by atoms with van der Waals surface area (Å²) in [6.07, 6.45) is 4.78. The maximum absolute atomic E-state index is 12.3. The molecule has 0 radical (unpaired) electrons.